The smallest absolute Gasteiger partial charge is 0.192 e. The summed E-state index contributed by atoms with van der Waals surface area (Å²) in [5.74, 6) is 0. The molecule has 0 aromatic rings. The van der Waals surface area contributed by atoms with Gasteiger partial charge >= 0.3 is 0 Å². The summed E-state index contributed by atoms with van der Waals surface area (Å²) in [6.07, 6.45) is 1.66. The molecule has 1 atom stereocenters. The third-order valence-electron chi connectivity index (χ3n) is 0.586. The van der Waals surface area contributed by atoms with Crippen LogP contribution in [0.5, 0.6) is 0 Å². The quantitative estimate of drug-likeness (QED) is 0.539. The Hall–Kier alpha value is 0.450. The molecule has 0 saturated heterocycles. The van der Waals surface area contributed by atoms with E-state index < -0.39 is 0 Å². The molecule has 0 aliphatic carbocycles. The zero-order chi connectivity index (χ0) is 5.70. The maximum Gasteiger partial charge on any atom is 0.192 e. The zero-order valence-corrected chi connectivity index (χ0v) is 6.28. The van der Waals surface area contributed by atoms with E-state index in [4.69, 9.17) is 0 Å². The summed E-state index contributed by atoms with van der Waals surface area (Å²) >= 11 is 1.23. The Bertz CT molecular complexity index is 64.7. The van der Waals surface area contributed by atoms with Crippen molar-refractivity contribution in [2.45, 2.75) is 19.8 Å². The molecule has 3 heteroatoms. The molecule has 0 amide bonds. The van der Waals surface area contributed by atoms with Crippen LogP contribution >= 0.6 is 19.8 Å². The second-order valence-electron chi connectivity index (χ2n) is 1.24. The van der Waals surface area contributed by atoms with Crippen LogP contribution in [0.1, 0.15) is 19.8 Å². The van der Waals surface area contributed by atoms with Crippen molar-refractivity contribution in [3.05, 3.63) is 0 Å². The molecule has 1 unspecified atom stereocenters. The fraction of sp³-hybridized carbons (Fsp3) is 0.750. The topological polar surface area (TPSA) is 17.1 Å². The van der Waals surface area contributed by atoms with E-state index in [-0.39, 0.29) is 5.12 Å². The first-order valence-corrected chi connectivity index (χ1v) is 4.50. The van der Waals surface area contributed by atoms with Gasteiger partial charge in [0.1, 0.15) is 0 Å². The van der Waals surface area contributed by atoms with Gasteiger partial charge in [0.15, 0.2) is 5.12 Å². The Morgan fingerprint density at radius 1 is 1.86 bits per heavy atom. The number of hydrogen-bond acceptors (Lipinski definition) is 2. The van der Waals surface area contributed by atoms with Gasteiger partial charge in [-0.3, -0.25) is 4.79 Å². The first kappa shape index (κ1) is 7.45. The highest BCUT2D eigenvalue weighted by atomic mass is 32.7. The SMILES string of the molecule is CCCC(=O)SP. The molecule has 0 aromatic heterocycles. The summed E-state index contributed by atoms with van der Waals surface area (Å²) in [5.41, 5.74) is 0. The molecule has 0 heterocycles. The van der Waals surface area contributed by atoms with E-state index in [9.17, 15) is 4.79 Å². The predicted molar refractivity (Wildman–Crippen MR) is 37.2 cm³/mol. The molecule has 0 saturated carbocycles. The van der Waals surface area contributed by atoms with Crippen molar-refractivity contribution in [1.82, 2.24) is 0 Å². The van der Waals surface area contributed by atoms with Crippen LogP contribution in [0.25, 0.3) is 0 Å². The van der Waals surface area contributed by atoms with Gasteiger partial charge in [-0.05, 0) is 6.42 Å². The van der Waals surface area contributed by atoms with Crippen LogP contribution in [0.15, 0.2) is 0 Å². The molecule has 1 nitrogen and oxygen atoms in total. The molecule has 0 rings (SSSR count). The summed E-state index contributed by atoms with van der Waals surface area (Å²) in [4.78, 5) is 10.4. The molecule has 0 fully saturated rings. The van der Waals surface area contributed by atoms with Crippen molar-refractivity contribution in [2.75, 3.05) is 0 Å². The minimum atomic E-state index is 0.257. The van der Waals surface area contributed by atoms with Gasteiger partial charge in [-0.1, -0.05) is 26.7 Å². The van der Waals surface area contributed by atoms with Crippen molar-refractivity contribution < 1.29 is 4.79 Å². The van der Waals surface area contributed by atoms with E-state index in [0.717, 1.165) is 6.42 Å². The minimum Gasteiger partial charge on any atom is -0.287 e. The fourth-order valence-corrected chi connectivity index (χ4v) is 0.939. The highest BCUT2D eigenvalue weighted by Crippen LogP contribution is 2.14. The average Bonchev–Trinajstić information content (AvgIpc) is 1.68. The van der Waals surface area contributed by atoms with Gasteiger partial charge in [0.25, 0.3) is 0 Å². The predicted octanol–water partition coefficient (Wildman–Crippen LogP) is 1.84. The Labute approximate surface area is 50.2 Å². The molecule has 0 aromatic carbocycles. The van der Waals surface area contributed by atoms with Crippen molar-refractivity contribution in [3.8, 4) is 0 Å². The van der Waals surface area contributed by atoms with Crippen molar-refractivity contribution in [3.63, 3.8) is 0 Å². The van der Waals surface area contributed by atoms with Crippen LogP contribution in [0.4, 0.5) is 0 Å². The van der Waals surface area contributed by atoms with Crippen LogP contribution in [-0.2, 0) is 4.79 Å². The number of carbonyl (C=O) groups is 1. The number of hydrogen-bond donors (Lipinski definition) is 0. The van der Waals surface area contributed by atoms with E-state index in [1.165, 1.54) is 11.4 Å². The van der Waals surface area contributed by atoms with Gasteiger partial charge in [-0.25, -0.2) is 0 Å². The first-order valence-electron chi connectivity index (χ1n) is 2.20. The minimum absolute atomic E-state index is 0.257. The monoisotopic (exact) mass is 136 g/mol. The molecule has 0 N–H and O–H groups in total. The number of rotatable bonds is 2. The van der Waals surface area contributed by atoms with Gasteiger partial charge in [0.2, 0.25) is 0 Å². The summed E-state index contributed by atoms with van der Waals surface area (Å²) in [6, 6.07) is 0. The lowest BCUT2D eigenvalue weighted by Crippen LogP contribution is -1.83. The Kier molecular flexibility index (Phi) is 4.90. The molecule has 0 aliphatic heterocycles. The van der Waals surface area contributed by atoms with E-state index in [0.29, 0.717) is 6.42 Å². The maximum absolute atomic E-state index is 10.4. The third kappa shape index (κ3) is 4.30. The van der Waals surface area contributed by atoms with Crippen LogP contribution in [0.3, 0.4) is 0 Å². The summed E-state index contributed by atoms with van der Waals surface area (Å²) in [5, 5.41) is 0.257. The normalized spacial score (nSPS) is 8.86. The van der Waals surface area contributed by atoms with Gasteiger partial charge < -0.3 is 0 Å². The van der Waals surface area contributed by atoms with E-state index in [2.05, 4.69) is 8.44 Å². The van der Waals surface area contributed by atoms with Crippen molar-refractivity contribution in [2.24, 2.45) is 0 Å². The maximum atomic E-state index is 10.4. The van der Waals surface area contributed by atoms with Crippen LogP contribution < -0.4 is 0 Å². The van der Waals surface area contributed by atoms with Crippen LogP contribution in [-0.4, -0.2) is 5.12 Å². The molecular formula is C4H9OPS. The lowest BCUT2D eigenvalue weighted by molar-refractivity contribution is -0.110. The Morgan fingerprint density at radius 3 is 2.57 bits per heavy atom. The second kappa shape index (κ2) is 4.61. The fourth-order valence-electron chi connectivity index (χ4n) is 0.263. The third-order valence-corrected chi connectivity index (χ3v) is 1.84. The lowest BCUT2D eigenvalue weighted by atomic mass is 10.4. The lowest BCUT2D eigenvalue weighted by Gasteiger charge is -1.86. The van der Waals surface area contributed by atoms with E-state index >= 15 is 0 Å². The zero-order valence-electron chi connectivity index (χ0n) is 4.31. The first-order chi connectivity index (χ1) is 3.31. The van der Waals surface area contributed by atoms with Gasteiger partial charge in [-0.15, -0.1) is 0 Å². The molecular weight excluding hydrogens is 127 g/mol. The standard InChI is InChI=1S/C4H9OPS/c1-2-3-4(5)7-6/h2-3,6H2,1H3. The Morgan fingerprint density at radius 2 is 2.43 bits per heavy atom. The van der Waals surface area contributed by atoms with Gasteiger partial charge in [0, 0.05) is 6.42 Å². The molecule has 0 radical (unpaired) electrons. The van der Waals surface area contributed by atoms with Gasteiger partial charge in [-0.2, -0.15) is 0 Å². The van der Waals surface area contributed by atoms with E-state index in [1.807, 2.05) is 6.92 Å². The molecule has 0 bridgehead atoms. The second-order valence-corrected chi connectivity index (χ2v) is 2.64. The summed E-state index contributed by atoms with van der Waals surface area (Å²) < 4.78 is 0. The number of carbonyl (C=O) groups excluding carboxylic acids is 1. The molecule has 7 heavy (non-hydrogen) atoms. The van der Waals surface area contributed by atoms with Crippen LogP contribution in [0.2, 0.25) is 0 Å². The molecule has 0 aliphatic rings. The Balaban J connectivity index is 3.00. The van der Waals surface area contributed by atoms with E-state index in [1.54, 1.807) is 0 Å². The highest BCUT2D eigenvalue weighted by molar-refractivity contribution is 8.52. The highest BCUT2D eigenvalue weighted by Gasteiger charge is 1.92. The summed E-state index contributed by atoms with van der Waals surface area (Å²) in [6.45, 7) is 2.00. The van der Waals surface area contributed by atoms with Crippen LogP contribution in [0, 0.1) is 0 Å². The summed E-state index contributed by atoms with van der Waals surface area (Å²) in [7, 11) is 2.34. The molecule has 0 spiro atoms. The van der Waals surface area contributed by atoms with Crippen molar-refractivity contribution in [1.29, 1.82) is 0 Å². The largest absolute Gasteiger partial charge is 0.287 e. The van der Waals surface area contributed by atoms with Crippen molar-refractivity contribution >= 4 is 24.9 Å². The average molecular weight is 136 g/mol. The van der Waals surface area contributed by atoms with Gasteiger partial charge in [0.05, 0.1) is 0 Å². The molecule has 42 valence electrons.